The number of aryl methyl sites for hydroxylation is 1. The summed E-state index contributed by atoms with van der Waals surface area (Å²) in [7, 11) is 0. The number of nitrogen functional groups attached to an aromatic ring is 1. The van der Waals surface area contributed by atoms with Crippen LogP contribution in [0.3, 0.4) is 0 Å². The number of thioether (sulfide) groups is 1. The molecular weight excluding hydrogens is 428 g/mol. The Kier molecular flexibility index (Phi) is 6.56. The number of aromatic nitrogens is 5. The molecule has 0 spiro atoms. The number of hydrogen-bond acceptors (Lipinski definition) is 9. The molecule has 0 atom stereocenters. The maximum absolute atomic E-state index is 12.8. The van der Waals surface area contributed by atoms with Gasteiger partial charge < -0.3 is 5.73 Å². The largest absolute Gasteiger partial charge is 0.378 e. The van der Waals surface area contributed by atoms with Gasteiger partial charge in [0.2, 0.25) is 11.6 Å². The summed E-state index contributed by atoms with van der Waals surface area (Å²) in [5, 5.41) is 19.4. The fourth-order valence-electron chi connectivity index (χ4n) is 2.84. The predicted molar refractivity (Wildman–Crippen MR) is 121 cm³/mol. The minimum absolute atomic E-state index is 0.0429. The first-order valence-corrected chi connectivity index (χ1v) is 10.8. The van der Waals surface area contributed by atoms with Crippen molar-refractivity contribution in [1.82, 2.24) is 30.7 Å². The van der Waals surface area contributed by atoms with Gasteiger partial charge in [0.05, 0.1) is 11.9 Å². The molecule has 0 saturated heterocycles. The van der Waals surface area contributed by atoms with Gasteiger partial charge in [-0.1, -0.05) is 54.6 Å². The zero-order chi connectivity index (χ0) is 22.3. The highest BCUT2D eigenvalue weighted by molar-refractivity contribution is 7.98. The highest BCUT2D eigenvalue weighted by Crippen LogP contribution is 2.25. The molecule has 0 aliphatic heterocycles. The van der Waals surface area contributed by atoms with Crippen molar-refractivity contribution >= 4 is 29.7 Å². The molecule has 2 aromatic carbocycles. The van der Waals surface area contributed by atoms with Crippen LogP contribution in [0.2, 0.25) is 0 Å². The molecule has 0 radical (unpaired) electrons. The van der Waals surface area contributed by atoms with Crippen molar-refractivity contribution in [3.8, 4) is 5.82 Å². The highest BCUT2D eigenvalue weighted by atomic mass is 32.2. The lowest BCUT2D eigenvalue weighted by molar-refractivity contribution is 0.0949. The second-order valence-corrected chi connectivity index (χ2v) is 7.71. The average molecular weight is 449 g/mol. The molecule has 10 nitrogen and oxygen atoms in total. The number of carbonyl (C=O) groups is 1. The third-order valence-corrected chi connectivity index (χ3v) is 5.58. The monoisotopic (exact) mass is 448 g/mol. The molecule has 0 fully saturated rings. The minimum Gasteiger partial charge on any atom is -0.378 e. The Morgan fingerprint density at radius 2 is 1.97 bits per heavy atom. The Bertz CT molecular complexity index is 1220. The number of hydrazone groups is 1. The van der Waals surface area contributed by atoms with Gasteiger partial charge in [0.15, 0.2) is 5.69 Å². The SMILES string of the molecule is CCc1ccc(/C=N/NC(=O)c2nnn(-c3nonc3N)c2CSc2ccccc2)cc1. The van der Waals surface area contributed by atoms with Crippen molar-refractivity contribution in [2.75, 3.05) is 5.73 Å². The van der Waals surface area contributed by atoms with Crippen LogP contribution in [0.25, 0.3) is 5.82 Å². The summed E-state index contributed by atoms with van der Waals surface area (Å²) in [5.41, 5.74) is 11.0. The second-order valence-electron chi connectivity index (χ2n) is 6.67. The van der Waals surface area contributed by atoms with Gasteiger partial charge in [-0.3, -0.25) is 4.79 Å². The Hall–Kier alpha value is -3.99. The Balaban J connectivity index is 1.55. The molecular formula is C21H20N8O2S. The first-order valence-electron chi connectivity index (χ1n) is 9.79. The number of nitrogens with two attached hydrogens (primary N) is 1. The molecule has 2 aromatic heterocycles. The molecule has 0 aliphatic rings. The van der Waals surface area contributed by atoms with Crippen molar-refractivity contribution in [2.45, 2.75) is 24.0 Å². The van der Waals surface area contributed by atoms with Gasteiger partial charge >= 0.3 is 0 Å². The van der Waals surface area contributed by atoms with E-state index in [1.165, 1.54) is 22.0 Å². The van der Waals surface area contributed by atoms with Crippen LogP contribution in [0.15, 0.2) is 69.2 Å². The normalized spacial score (nSPS) is 11.2. The van der Waals surface area contributed by atoms with Gasteiger partial charge in [0.1, 0.15) is 0 Å². The molecule has 2 heterocycles. The van der Waals surface area contributed by atoms with Crippen LogP contribution in [-0.4, -0.2) is 37.4 Å². The third-order valence-electron chi connectivity index (χ3n) is 4.56. The Labute approximate surface area is 187 Å². The zero-order valence-corrected chi connectivity index (χ0v) is 18.0. The highest BCUT2D eigenvalue weighted by Gasteiger charge is 2.24. The van der Waals surface area contributed by atoms with E-state index in [0.717, 1.165) is 16.9 Å². The van der Waals surface area contributed by atoms with E-state index < -0.39 is 5.91 Å². The summed E-state index contributed by atoms with van der Waals surface area (Å²) in [6.45, 7) is 2.09. The van der Waals surface area contributed by atoms with E-state index >= 15 is 0 Å². The van der Waals surface area contributed by atoms with Crippen molar-refractivity contribution in [3.05, 3.63) is 77.1 Å². The van der Waals surface area contributed by atoms with E-state index in [1.807, 2.05) is 54.6 Å². The summed E-state index contributed by atoms with van der Waals surface area (Å²) in [4.78, 5) is 13.8. The molecule has 0 saturated carbocycles. The van der Waals surface area contributed by atoms with E-state index in [0.29, 0.717) is 11.4 Å². The quantitative estimate of drug-likeness (QED) is 0.238. The van der Waals surface area contributed by atoms with E-state index in [-0.39, 0.29) is 17.3 Å². The number of benzene rings is 2. The van der Waals surface area contributed by atoms with E-state index in [4.69, 9.17) is 5.73 Å². The van der Waals surface area contributed by atoms with Crippen molar-refractivity contribution in [2.24, 2.45) is 5.10 Å². The van der Waals surface area contributed by atoms with Crippen LogP contribution in [-0.2, 0) is 12.2 Å². The lowest BCUT2D eigenvalue weighted by atomic mass is 10.1. The second kappa shape index (κ2) is 9.88. The van der Waals surface area contributed by atoms with Crippen molar-refractivity contribution in [3.63, 3.8) is 0 Å². The molecule has 32 heavy (non-hydrogen) atoms. The molecule has 3 N–H and O–H groups in total. The number of nitrogens with zero attached hydrogens (tertiary/aromatic N) is 6. The number of amides is 1. The zero-order valence-electron chi connectivity index (χ0n) is 17.2. The van der Waals surface area contributed by atoms with Gasteiger partial charge in [-0.15, -0.1) is 16.9 Å². The molecule has 0 unspecified atom stereocenters. The average Bonchev–Trinajstić information content (AvgIpc) is 3.44. The number of nitrogens with one attached hydrogen (secondary N) is 1. The first kappa shape index (κ1) is 21.2. The van der Waals surface area contributed by atoms with Crippen LogP contribution >= 0.6 is 11.8 Å². The van der Waals surface area contributed by atoms with Gasteiger partial charge in [-0.2, -0.15) is 9.78 Å². The Morgan fingerprint density at radius 1 is 1.19 bits per heavy atom. The van der Waals surface area contributed by atoms with Crippen LogP contribution in [0.1, 0.15) is 34.2 Å². The topological polar surface area (TPSA) is 137 Å². The van der Waals surface area contributed by atoms with Gasteiger partial charge in [0.25, 0.3) is 5.91 Å². The fraction of sp³-hybridized carbons (Fsp3) is 0.143. The fourth-order valence-corrected chi connectivity index (χ4v) is 3.75. The van der Waals surface area contributed by atoms with Gasteiger partial charge in [-0.25, -0.2) is 10.1 Å². The van der Waals surface area contributed by atoms with E-state index in [1.54, 1.807) is 6.21 Å². The number of hydrogen-bond donors (Lipinski definition) is 2. The van der Waals surface area contributed by atoms with E-state index in [2.05, 4.69) is 42.7 Å². The van der Waals surface area contributed by atoms with Crippen LogP contribution in [0.4, 0.5) is 5.82 Å². The summed E-state index contributed by atoms with van der Waals surface area (Å²) in [5.74, 6) is 0.0892. The lowest BCUT2D eigenvalue weighted by Gasteiger charge is -2.05. The van der Waals surface area contributed by atoms with Gasteiger partial charge in [0, 0.05) is 10.6 Å². The molecule has 0 bridgehead atoms. The van der Waals surface area contributed by atoms with Gasteiger partial charge in [-0.05, 0) is 40.0 Å². The molecule has 4 aromatic rings. The molecule has 4 rings (SSSR count). The summed E-state index contributed by atoms with van der Waals surface area (Å²) in [6.07, 6.45) is 2.53. The molecule has 162 valence electrons. The molecule has 0 aliphatic carbocycles. The smallest absolute Gasteiger partial charge is 0.293 e. The standard InChI is InChI=1S/C21H20N8O2S/c1-2-14-8-10-15(11-9-14)12-23-25-21(30)18-17(13-32-16-6-4-3-5-7-16)29(28-24-18)20-19(22)26-31-27-20/h3-12H,2,13H2,1H3,(H2,22,26)(H,25,30)/b23-12+. The van der Waals surface area contributed by atoms with Crippen molar-refractivity contribution < 1.29 is 9.42 Å². The Morgan fingerprint density at radius 3 is 2.66 bits per heavy atom. The van der Waals surface area contributed by atoms with E-state index in [9.17, 15) is 4.79 Å². The number of rotatable bonds is 8. The maximum atomic E-state index is 12.8. The third kappa shape index (κ3) is 4.83. The predicted octanol–water partition coefficient (Wildman–Crippen LogP) is 2.85. The summed E-state index contributed by atoms with van der Waals surface area (Å²) >= 11 is 1.51. The summed E-state index contributed by atoms with van der Waals surface area (Å²) in [6, 6.07) is 17.7. The van der Waals surface area contributed by atoms with Crippen LogP contribution in [0, 0.1) is 0 Å². The number of anilines is 1. The number of carbonyl (C=O) groups excluding carboxylic acids is 1. The molecule has 11 heteroatoms. The van der Waals surface area contributed by atoms with Crippen LogP contribution < -0.4 is 11.2 Å². The van der Waals surface area contributed by atoms with Crippen molar-refractivity contribution in [1.29, 1.82) is 0 Å². The lowest BCUT2D eigenvalue weighted by Crippen LogP contribution is -2.20. The summed E-state index contributed by atoms with van der Waals surface area (Å²) < 4.78 is 6.02. The maximum Gasteiger partial charge on any atom is 0.293 e. The van der Waals surface area contributed by atoms with Crippen LogP contribution in [0.5, 0.6) is 0 Å². The minimum atomic E-state index is -0.503. The first-order chi connectivity index (χ1) is 15.7. The molecule has 1 amide bonds.